The molecule has 3 aromatic rings. The maximum absolute atomic E-state index is 13.6. The number of non-ortho nitro benzene ring substituents is 3. The van der Waals surface area contributed by atoms with Crippen molar-refractivity contribution in [1.29, 1.82) is 0 Å². The minimum Gasteiger partial charge on any atom is -0.456 e. The lowest BCUT2D eigenvalue weighted by Crippen LogP contribution is -2.63. The van der Waals surface area contributed by atoms with E-state index in [4.69, 9.17) is 14.2 Å². The number of hydrogen-bond donors (Lipinski definition) is 2. The van der Waals surface area contributed by atoms with E-state index >= 15 is 0 Å². The van der Waals surface area contributed by atoms with Gasteiger partial charge in [0.05, 0.1) is 32.8 Å². The summed E-state index contributed by atoms with van der Waals surface area (Å²) in [5, 5.41) is 43.5. The number of β-lactam (4-membered cyclic amide) rings is 1. The Hall–Kier alpha value is -6.34. The third kappa shape index (κ3) is 13.2. The fourth-order valence-electron chi connectivity index (χ4n) is 10.8. The zero-order valence-electron chi connectivity index (χ0n) is 41.8. The molecule has 0 unspecified atom stereocenters. The standard InChI is InChI=1S/C34H39N5O10S.C17H23N3O4S/c1-20-29-28(21(2)40)32(41)37(29)30(33(42)48-18-22-3-7-25(8-4-22)38(44)45)31(20)50-27-13-16-36(17-27)24-11-14-35(15-12-24)34(43)49-19-23-5-9-26(10-6-23)39(46)47;21-17(24-12-13-1-3-15(4-2-13)20(22)23)18-8-5-14(6-9-18)19-10-7-16(25)11-19/h3-10,20-21,24,27-29,40H,11-19H2,1-2H3;1-4,14,16,25H,5-12H2/t20-,21-,27-,28-,29-;16-/m11/s1. The molecule has 0 radical (unpaired) electrons. The molecule has 0 saturated carbocycles. The summed E-state index contributed by atoms with van der Waals surface area (Å²) in [7, 11) is 0. The highest BCUT2D eigenvalue weighted by Gasteiger charge is 2.60. The highest BCUT2D eigenvalue weighted by atomic mass is 32.2. The summed E-state index contributed by atoms with van der Waals surface area (Å²) in [5.41, 5.74) is 2.14. The summed E-state index contributed by atoms with van der Waals surface area (Å²) in [6.45, 7) is 9.89. The first-order chi connectivity index (χ1) is 35.9. The molecule has 6 atom stereocenters. The van der Waals surface area contributed by atoms with Crippen molar-refractivity contribution in [2.75, 3.05) is 52.4 Å². The van der Waals surface area contributed by atoms with Crippen molar-refractivity contribution in [2.24, 2.45) is 11.8 Å². The SMILES string of the molecule is C[C@@H](O)[C@H]1C(=O)N2C(C(=O)OCc3ccc([N+](=O)[O-])cc3)=C(S[C@@H]3CCN(C4CCN(C(=O)OCc5ccc([N+](=O)[O-])cc5)CC4)C3)[C@H](C)[C@H]12.O=C(OCc1ccc([N+](=O)[O-])cc1)N1CCC(N2CC[C@@H](S)C2)CC1. The molecular formula is C51H62N8O14S2. The van der Waals surface area contributed by atoms with E-state index in [0.29, 0.717) is 48.6 Å². The van der Waals surface area contributed by atoms with Crippen LogP contribution in [0.15, 0.2) is 83.4 Å². The van der Waals surface area contributed by atoms with E-state index in [-0.39, 0.29) is 77.8 Å². The predicted octanol–water partition coefficient (Wildman–Crippen LogP) is 6.92. The van der Waals surface area contributed by atoms with Crippen molar-refractivity contribution >= 4 is 65.5 Å². The number of nitro benzene ring substituents is 3. The lowest BCUT2D eigenvalue weighted by molar-refractivity contribution is -0.385. The van der Waals surface area contributed by atoms with E-state index < -0.39 is 38.9 Å². The number of hydrogen-bond acceptors (Lipinski definition) is 18. The second-order valence-corrected chi connectivity index (χ2v) is 21.9. The van der Waals surface area contributed by atoms with Crippen molar-refractivity contribution in [1.82, 2.24) is 24.5 Å². The number of aliphatic hydroxyl groups is 1. The number of thiol groups is 1. The van der Waals surface area contributed by atoms with Crippen molar-refractivity contribution in [2.45, 2.75) is 107 Å². The third-order valence-electron chi connectivity index (χ3n) is 15.0. The van der Waals surface area contributed by atoms with Crippen LogP contribution in [0.1, 0.15) is 69.1 Å². The molecule has 5 saturated heterocycles. The molecule has 3 amide bonds. The van der Waals surface area contributed by atoms with Gasteiger partial charge in [-0.15, -0.1) is 11.8 Å². The average molecular weight is 1080 g/mol. The molecule has 0 bridgehead atoms. The number of esters is 1. The Labute approximate surface area is 443 Å². The van der Waals surface area contributed by atoms with E-state index in [1.165, 1.54) is 53.4 Å². The molecular weight excluding hydrogens is 1010 g/mol. The van der Waals surface area contributed by atoms with Gasteiger partial charge in [0.15, 0.2) is 0 Å². The minimum atomic E-state index is -0.861. The van der Waals surface area contributed by atoms with Gasteiger partial charge in [0.1, 0.15) is 25.5 Å². The van der Waals surface area contributed by atoms with E-state index in [9.17, 15) is 54.6 Å². The van der Waals surface area contributed by atoms with Crippen molar-refractivity contribution in [3.05, 3.63) is 130 Å². The van der Waals surface area contributed by atoms with Crippen LogP contribution in [-0.2, 0) is 43.6 Å². The van der Waals surface area contributed by atoms with Gasteiger partial charge in [0.2, 0.25) is 5.91 Å². The van der Waals surface area contributed by atoms with Crippen LogP contribution < -0.4 is 0 Å². The maximum atomic E-state index is 13.6. The van der Waals surface area contributed by atoms with Crippen LogP contribution >= 0.6 is 24.4 Å². The molecule has 24 heteroatoms. The van der Waals surface area contributed by atoms with Crippen LogP contribution in [0.4, 0.5) is 26.7 Å². The molecule has 1 N–H and O–H groups in total. The Balaban J connectivity index is 0.000000250. The number of ether oxygens (including phenoxy) is 3. The van der Waals surface area contributed by atoms with Gasteiger partial charge in [-0.2, -0.15) is 12.6 Å². The monoisotopic (exact) mass is 1070 g/mol. The van der Waals surface area contributed by atoms with E-state index in [1.807, 2.05) is 6.92 Å². The van der Waals surface area contributed by atoms with E-state index in [2.05, 4.69) is 22.4 Å². The molecule has 6 aliphatic heterocycles. The quantitative estimate of drug-likeness (QED) is 0.0390. The number of rotatable bonds is 15. The van der Waals surface area contributed by atoms with Crippen LogP contribution in [0.25, 0.3) is 0 Å². The molecule has 22 nitrogen and oxygen atoms in total. The molecule has 0 spiro atoms. The fourth-order valence-corrected chi connectivity index (χ4v) is 12.6. The second kappa shape index (κ2) is 24.6. The first-order valence-corrected chi connectivity index (χ1v) is 26.6. The molecule has 9 rings (SSSR count). The molecule has 3 aromatic carbocycles. The van der Waals surface area contributed by atoms with Crippen LogP contribution in [0.5, 0.6) is 0 Å². The number of aliphatic hydroxyl groups excluding tert-OH is 1. The molecule has 6 heterocycles. The summed E-state index contributed by atoms with van der Waals surface area (Å²) in [6.07, 6.45) is 3.92. The molecule has 0 aromatic heterocycles. The maximum Gasteiger partial charge on any atom is 0.410 e. The Bertz CT molecular complexity index is 2610. The van der Waals surface area contributed by atoms with Crippen molar-refractivity contribution in [3.8, 4) is 0 Å². The van der Waals surface area contributed by atoms with E-state index in [1.54, 1.807) is 52.8 Å². The number of carbonyl (C=O) groups excluding carboxylic acids is 4. The number of nitro groups is 3. The largest absolute Gasteiger partial charge is 0.456 e. The third-order valence-corrected chi connectivity index (χ3v) is 16.9. The first-order valence-electron chi connectivity index (χ1n) is 25.2. The van der Waals surface area contributed by atoms with Crippen LogP contribution in [0, 0.1) is 42.2 Å². The number of piperidine rings is 2. The van der Waals surface area contributed by atoms with Crippen molar-refractivity contribution in [3.63, 3.8) is 0 Å². The summed E-state index contributed by atoms with van der Waals surface area (Å²) < 4.78 is 16.4. The number of likely N-dealkylation sites (tertiary alicyclic amines) is 4. The smallest absolute Gasteiger partial charge is 0.410 e. The zero-order valence-corrected chi connectivity index (χ0v) is 43.5. The second-order valence-electron chi connectivity index (χ2n) is 19.8. The van der Waals surface area contributed by atoms with Crippen LogP contribution in [0.2, 0.25) is 0 Å². The number of fused-ring (bicyclic) bond motifs is 1. The van der Waals surface area contributed by atoms with Gasteiger partial charge in [-0.05, 0) is 112 Å². The molecule has 75 heavy (non-hydrogen) atoms. The van der Waals surface area contributed by atoms with Crippen LogP contribution in [-0.4, -0.2) is 156 Å². The lowest BCUT2D eigenvalue weighted by atomic mass is 9.79. The Morgan fingerprint density at radius 3 is 1.47 bits per heavy atom. The van der Waals surface area contributed by atoms with Gasteiger partial charge in [-0.3, -0.25) is 44.9 Å². The number of carbonyl (C=O) groups is 4. The van der Waals surface area contributed by atoms with Crippen molar-refractivity contribution < 1.29 is 53.3 Å². The van der Waals surface area contributed by atoms with Gasteiger partial charge < -0.3 is 34.0 Å². The van der Waals surface area contributed by atoms with Gasteiger partial charge in [-0.1, -0.05) is 6.92 Å². The first kappa shape index (κ1) is 54.9. The van der Waals surface area contributed by atoms with Gasteiger partial charge in [0, 0.05) is 109 Å². The number of benzene rings is 3. The van der Waals surface area contributed by atoms with Gasteiger partial charge >= 0.3 is 18.2 Å². The Kier molecular flexibility index (Phi) is 18.0. The summed E-state index contributed by atoms with van der Waals surface area (Å²) in [5.74, 6) is -1.72. The molecule has 0 aliphatic carbocycles. The molecule has 402 valence electrons. The average Bonchev–Trinajstić information content (AvgIpc) is 4.14. The highest BCUT2D eigenvalue weighted by molar-refractivity contribution is 8.03. The Morgan fingerprint density at radius 1 is 0.653 bits per heavy atom. The highest BCUT2D eigenvalue weighted by Crippen LogP contribution is 2.52. The number of amides is 3. The predicted molar refractivity (Wildman–Crippen MR) is 277 cm³/mol. The molecule has 6 aliphatic rings. The normalized spacial score (nSPS) is 23.7. The van der Waals surface area contributed by atoms with Gasteiger partial charge in [0.25, 0.3) is 17.1 Å². The topological polar surface area (TPSA) is 262 Å². The van der Waals surface area contributed by atoms with Gasteiger partial charge in [-0.25, -0.2) is 14.4 Å². The zero-order chi connectivity index (χ0) is 53.5. The number of thioether (sulfide) groups is 1. The number of nitrogens with zero attached hydrogens (tertiary/aromatic N) is 8. The van der Waals surface area contributed by atoms with Crippen LogP contribution in [0.3, 0.4) is 0 Å². The summed E-state index contributed by atoms with van der Waals surface area (Å²) >= 11 is 6.13. The minimum absolute atomic E-state index is 0.0241. The summed E-state index contributed by atoms with van der Waals surface area (Å²) in [6, 6.07) is 18.2. The Morgan fingerprint density at radius 2 is 1.07 bits per heavy atom. The fraction of sp³-hybridized carbons (Fsp3) is 0.529. The van der Waals surface area contributed by atoms with E-state index in [0.717, 1.165) is 75.2 Å². The summed E-state index contributed by atoms with van der Waals surface area (Å²) in [4.78, 5) is 93.3. The lowest BCUT2D eigenvalue weighted by Gasteiger charge is -2.46. The molecule has 5 fully saturated rings.